The van der Waals surface area contributed by atoms with E-state index < -0.39 is 0 Å². The summed E-state index contributed by atoms with van der Waals surface area (Å²) in [6, 6.07) is 8.14. The summed E-state index contributed by atoms with van der Waals surface area (Å²) in [5.41, 5.74) is 1.20. The van der Waals surface area contributed by atoms with Gasteiger partial charge < -0.3 is 24.8 Å². The van der Waals surface area contributed by atoms with E-state index in [0.29, 0.717) is 11.8 Å². The minimum atomic E-state index is 0. The van der Waals surface area contributed by atoms with Crippen LogP contribution in [0, 0.1) is 5.92 Å². The molecular formula is C21H36IN3O3. The number of ether oxygens (including phenoxy) is 3. The zero-order valence-electron chi connectivity index (χ0n) is 17.4. The highest BCUT2D eigenvalue weighted by molar-refractivity contribution is 14.0. The summed E-state index contributed by atoms with van der Waals surface area (Å²) < 4.78 is 16.6. The van der Waals surface area contributed by atoms with Gasteiger partial charge >= 0.3 is 0 Å². The summed E-state index contributed by atoms with van der Waals surface area (Å²) in [4.78, 5) is 4.30. The lowest BCUT2D eigenvalue weighted by Gasteiger charge is -2.21. The summed E-state index contributed by atoms with van der Waals surface area (Å²) in [6.07, 6.45) is 3.21. The number of halogens is 1. The van der Waals surface area contributed by atoms with Crippen LogP contribution in [-0.4, -0.2) is 59.6 Å². The molecule has 1 atom stereocenters. The van der Waals surface area contributed by atoms with Crippen molar-refractivity contribution in [1.29, 1.82) is 0 Å². The van der Waals surface area contributed by atoms with Crippen LogP contribution < -0.4 is 15.4 Å². The molecule has 2 rings (SSSR count). The second-order valence-corrected chi connectivity index (χ2v) is 7.01. The molecule has 1 unspecified atom stereocenters. The molecule has 0 bridgehead atoms. The number of nitrogens with one attached hydrogen (secondary N) is 2. The van der Waals surface area contributed by atoms with E-state index in [0.717, 1.165) is 70.5 Å². The van der Waals surface area contributed by atoms with Crippen LogP contribution in [0.2, 0.25) is 0 Å². The Hall–Kier alpha value is -1.06. The predicted molar refractivity (Wildman–Crippen MR) is 125 cm³/mol. The highest BCUT2D eigenvalue weighted by Crippen LogP contribution is 2.25. The van der Waals surface area contributed by atoms with Crippen molar-refractivity contribution in [2.45, 2.75) is 32.1 Å². The van der Waals surface area contributed by atoms with E-state index in [1.807, 2.05) is 18.2 Å². The average Bonchev–Trinajstić information content (AvgIpc) is 2.73. The monoisotopic (exact) mass is 505 g/mol. The minimum absolute atomic E-state index is 0. The molecule has 0 amide bonds. The highest BCUT2D eigenvalue weighted by Gasteiger charge is 2.13. The van der Waals surface area contributed by atoms with Crippen molar-refractivity contribution < 1.29 is 14.2 Å². The Bertz CT molecular complexity index is 566. The first-order valence-corrected chi connectivity index (χ1v) is 9.97. The lowest BCUT2D eigenvalue weighted by atomic mass is 10.0. The third kappa shape index (κ3) is 8.96. The molecule has 28 heavy (non-hydrogen) atoms. The van der Waals surface area contributed by atoms with Gasteiger partial charge in [0.25, 0.3) is 0 Å². The van der Waals surface area contributed by atoms with Crippen LogP contribution in [0.25, 0.3) is 0 Å². The van der Waals surface area contributed by atoms with E-state index in [4.69, 9.17) is 14.2 Å². The van der Waals surface area contributed by atoms with Crippen LogP contribution in [0.3, 0.4) is 0 Å². The largest absolute Gasteiger partial charge is 0.496 e. The molecule has 1 saturated heterocycles. The molecule has 160 valence electrons. The molecule has 6 nitrogen and oxygen atoms in total. The third-order valence-electron chi connectivity index (χ3n) is 4.92. The number of aliphatic imine (C=N–C) groups is 1. The van der Waals surface area contributed by atoms with Crippen LogP contribution in [0.5, 0.6) is 5.75 Å². The number of hydrogen-bond acceptors (Lipinski definition) is 4. The molecule has 7 heteroatoms. The van der Waals surface area contributed by atoms with Gasteiger partial charge in [-0.15, -0.1) is 24.0 Å². The van der Waals surface area contributed by atoms with Crippen molar-refractivity contribution in [2.75, 3.05) is 53.7 Å². The number of hydrogen-bond donors (Lipinski definition) is 2. The maximum absolute atomic E-state index is 5.80. The van der Waals surface area contributed by atoms with Gasteiger partial charge in [-0.3, -0.25) is 4.99 Å². The number of benzene rings is 1. The Kier molecular flexibility index (Phi) is 13.3. The minimum Gasteiger partial charge on any atom is -0.496 e. The van der Waals surface area contributed by atoms with Crippen LogP contribution in [0.15, 0.2) is 29.3 Å². The van der Waals surface area contributed by atoms with Crippen molar-refractivity contribution in [3.8, 4) is 5.75 Å². The normalized spacial score (nSPS) is 16.2. The Morgan fingerprint density at radius 1 is 1.25 bits per heavy atom. The molecule has 2 N–H and O–H groups in total. The van der Waals surface area contributed by atoms with Crippen molar-refractivity contribution in [1.82, 2.24) is 10.6 Å². The Balaban J connectivity index is 0.00000392. The molecule has 1 aromatic carbocycles. The van der Waals surface area contributed by atoms with Crippen LogP contribution in [-0.2, 0) is 9.47 Å². The molecular weight excluding hydrogens is 469 g/mol. The molecule has 0 spiro atoms. The summed E-state index contributed by atoms with van der Waals surface area (Å²) in [5.74, 6) is 2.73. The maximum atomic E-state index is 5.80. The van der Waals surface area contributed by atoms with Gasteiger partial charge in [-0.2, -0.15) is 0 Å². The smallest absolute Gasteiger partial charge is 0.190 e. The van der Waals surface area contributed by atoms with Crippen LogP contribution in [0.4, 0.5) is 0 Å². The van der Waals surface area contributed by atoms with Gasteiger partial charge in [0.15, 0.2) is 5.96 Å². The quantitative estimate of drug-likeness (QED) is 0.221. The molecule has 0 aliphatic carbocycles. The molecule has 1 aliphatic heterocycles. The number of methoxy groups -OCH3 is 1. The van der Waals surface area contributed by atoms with Crippen molar-refractivity contribution >= 4 is 29.9 Å². The van der Waals surface area contributed by atoms with Gasteiger partial charge in [-0.1, -0.05) is 25.1 Å². The molecule has 0 saturated carbocycles. The van der Waals surface area contributed by atoms with E-state index in [9.17, 15) is 0 Å². The molecule has 0 radical (unpaired) electrons. The van der Waals surface area contributed by atoms with Gasteiger partial charge in [0.1, 0.15) is 5.75 Å². The van der Waals surface area contributed by atoms with E-state index >= 15 is 0 Å². The first-order valence-electron chi connectivity index (χ1n) is 9.97. The molecule has 0 aromatic heterocycles. The standard InChI is InChI=1S/C21H35N3O3.HI/c1-17(19-7-4-5-8-20(19)25-3)15-24-21(22-2)23-11-6-12-27-16-18-9-13-26-14-10-18;/h4-5,7-8,17-18H,6,9-16H2,1-3H3,(H2,22,23,24);1H. The van der Waals surface area contributed by atoms with Crippen LogP contribution >= 0.6 is 24.0 Å². The van der Waals surface area contributed by atoms with Gasteiger partial charge in [0.05, 0.1) is 7.11 Å². The topological polar surface area (TPSA) is 64.1 Å². The summed E-state index contributed by atoms with van der Waals surface area (Å²) >= 11 is 0. The lowest BCUT2D eigenvalue weighted by molar-refractivity contribution is 0.0203. The summed E-state index contributed by atoms with van der Waals surface area (Å²) in [7, 11) is 3.51. The predicted octanol–water partition coefficient (Wildman–Crippen LogP) is 3.42. The molecule has 1 heterocycles. The fraction of sp³-hybridized carbons (Fsp3) is 0.667. The number of nitrogens with zero attached hydrogens (tertiary/aromatic N) is 1. The summed E-state index contributed by atoms with van der Waals surface area (Å²) in [5, 5.41) is 6.74. The number of para-hydroxylation sites is 1. The molecule has 1 aromatic rings. The first kappa shape index (κ1) is 25.0. The SMILES string of the molecule is CN=C(NCCCOCC1CCOCC1)NCC(C)c1ccccc1OC.I. The Labute approximate surface area is 186 Å². The van der Waals surface area contributed by atoms with Crippen LogP contribution in [0.1, 0.15) is 37.7 Å². The van der Waals surface area contributed by atoms with Crippen molar-refractivity contribution in [3.63, 3.8) is 0 Å². The molecule has 1 aliphatic rings. The van der Waals surface area contributed by atoms with E-state index in [1.165, 1.54) is 5.56 Å². The third-order valence-corrected chi connectivity index (χ3v) is 4.92. The fourth-order valence-corrected chi connectivity index (χ4v) is 3.20. The maximum Gasteiger partial charge on any atom is 0.190 e. The van der Waals surface area contributed by atoms with E-state index in [1.54, 1.807) is 14.2 Å². The molecule has 1 fully saturated rings. The van der Waals surface area contributed by atoms with Crippen molar-refractivity contribution in [3.05, 3.63) is 29.8 Å². The second-order valence-electron chi connectivity index (χ2n) is 7.01. The fourth-order valence-electron chi connectivity index (χ4n) is 3.20. The first-order chi connectivity index (χ1) is 13.2. The second kappa shape index (κ2) is 14.9. The van der Waals surface area contributed by atoms with Gasteiger partial charge in [0, 0.05) is 52.5 Å². The zero-order chi connectivity index (χ0) is 19.3. The Morgan fingerprint density at radius 2 is 2.00 bits per heavy atom. The summed E-state index contributed by atoms with van der Waals surface area (Å²) in [6.45, 7) is 7.21. The van der Waals surface area contributed by atoms with Gasteiger partial charge in [0.2, 0.25) is 0 Å². The van der Waals surface area contributed by atoms with E-state index in [-0.39, 0.29) is 24.0 Å². The lowest BCUT2D eigenvalue weighted by Crippen LogP contribution is -2.39. The van der Waals surface area contributed by atoms with E-state index in [2.05, 4.69) is 28.6 Å². The van der Waals surface area contributed by atoms with Gasteiger partial charge in [-0.05, 0) is 36.8 Å². The number of rotatable bonds is 10. The number of guanidine groups is 1. The van der Waals surface area contributed by atoms with Gasteiger partial charge in [-0.25, -0.2) is 0 Å². The Morgan fingerprint density at radius 3 is 2.71 bits per heavy atom. The zero-order valence-corrected chi connectivity index (χ0v) is 19.7. The van der Waals surface area contributed by atoms with Crippen molar-refractivity contribution in [2.24, 2.45) is 10.9 Å². The highest BCUT2D eigenvalue weighted by atomic mass is 127. The average molecular weight is 505 g/mol.